The lowest BCUT2D eigenvalue weighted by atomic mass is 10.2. The number of hydrogen-bond donors (Lipinski definition) is 1. The quantitative estimate of drug-likeness (QED) is 0.821. The molecule has 17 heavy (non-hydrogen) atoms. The van der Waals surface area contributed by atoms with Gasteiger partial charge in [-0.3, -0.25) is 4.79 Å². The van der Waals surface area contributed by atoms with Gasteiger partial charge in [0.15, 0.2) is 0 Å². The number of nitrogens with one attached hydrogen (secondary N) is 1. The molecule has 1 amide bonds. The zero-order valence-electron chi connectivity index (χ0n) is 9.63. The van der Waals surface area contributed by atoms with E-state index in [-0.39, 0.29) is 18.3 Å². The monoisotopic (exact) mass is 303 g/mol. The lowest BCUT2D eigenvalue weighted by molar-refractivity contribution is -0.122. The highest BCUT2D eigenvalue weighted by atomic mass is 79.9. The number of halogens is 2. The molecule has 0 saturated carbocycles. The third-order valence-electron chi connectivity index (χ3n) is 2.16. The van der Waals surface area contributed by atoms with Crippen LogP contribution in [0.1, 0.15) is 18.9 Å². The molecule has 1 N–H and O–H groups in total. The van der Waals surface area contributed by atoms with E-state index in [4.69, 9.17) is 4.74 Å². The Morgan fingerprint density at radius 1 is 1.53 bits per heavy atom. The van der Waals surface area contributed by atoms with Gasteiger partial charge in [-0.2, -0.15) is 0 Å². The second-order valence-corrected chi connectivity index (χ2v) is 4.38. The largest absolute Gasteiger partial charge is 0.381 e. The van der Waals surface area contributed by atoms with E-state index in [0.717, 1.165) is 4.47 Å². The van der Waals surface area contributed by atoms with Gasteiger partial charge in [-0.15, -0.1) is 0 Å². The molecule has 0 bridgehead atoms. The molecule has 0 aliphatic carbocycles. The molecule has 94 valence electrons. The first kappa shape index (κ1) is 14.1. The Kier molecular flexibility index (Phi) is 6.15. The number of hydrogen-bond acceptors (Lipinski definition) is 2. The second-order valence-electron chi connectivity index (χ2n) is 3.46. The van der Waals surface area contributed by atoms with E-state index < -0.39 is 0 Å². The maximum Gasteiger partial charge on any atom is 0.222 e. The van der Waals surface area contributed by atoms with Crippen molar-refractivity contribution in [2.24, 2.45) is 0 Å². The fraction of sp³-hybridized carbons (Fsp3) is 0.417. The van der Waals surface area contributed by atoms with Gasteiger partial charge in [0.1, 0.15) is 5.82 Å². The fourth-order valence-electron chi connectivity index (χ4n) is 1.27. The Labute approximate surface area is 108 Å². The molecule has 0 aromatic heterocycles. The molecule has 0 unspecified atom stereocenters. The molecular formula is C12H15BrFNO2. The smallest absolute Gasteiger partial charge is 0.222 e. The zero-order chi connectivity index (χ0) is 12.7. The maximum absolute atomic E-state index is 13.3. The van der Waals surface area contributed by atoms with Crippen molar-refractivity contribution in [3.63, 3.8) is 0 Å². The SMILES string of the molecule is CCOCCC(=O)NCc1cc(Br)ccc1F. The average molecular weight is 304 g/mol. The highest BCUT2D eigenvalue weighted by Gasteiger charge is 2.05. The summed E-state index contributed by atoms with van der Waals surface area (Å²) in [6, 6.07) is 4.64. The van der Waals surface area contributed by atoms with Crippen LogP contribution in [0.15, 0.2) is 22.7 Å². The van der Waals surface area contributed by atoms with Gasteiger partial charge in [0.25, 0.3) is 0 Å². The van der Waals surface area contributed by atoms with Gasteiger partial charge in [-0.25, -0.2) is 4.39 Å². The third kappa shape index (κ3) is 5.28. The number of amides is 1. The van der Waals surface area contributed by atoms with Gasteiger partial charge in [-0.1, -0.05) is 15.9 Å². The fourth-order valence-corrected chi connectivity index (χ4v) is 1.68. The number of ether oxygens (including phenoxy) is 1. The Morgan fingerprint density at radius 3 is 3.00 bits per heavy atom. The van der Waals surface area contributed by atoms with Crippen molar-refractivity contribution in [1.29, 1.82) is 0 Å². The van der Waals surface area contributed by atoms with Gasteiger partial charge in [0.05, 0.1) is 6.61 Å². The van der Waals surface area contributed by atoms with E-state index >= 15 is 0 Å². The van der Waals surface area contributed by atoms with E-state index in [1.807, 2.05) is 6.92 Å². The van der Waals surface area contributed by atoms with Gasteiger partial charge >= 0.3 is 0 Å². The summed E-state index contributed by atoms with van der Waals surface area (Å²) in [5, 5.41) is 2.65. The lowest BCUT2D eigenvalue weighted by Gasteiger charge is -2.07. The van der Waals surface area contributed by atoms with Crippen LogP contribution in [0.3, 0.4) is 0 Å². The lowest BCUT2D eigenvalue weighted by Crippen LogP contribution is -2.24. The maximum atomic E-state index is 13.3. The molecule has 0 saturated heterocycles. The highest BCUT2D eigenvalue weighted by Crippen LogP contribution is 2.15. The molecule has 0 heterocycles. The summed E-state index contributed by atoms with van der Waals surface area (Å²) in [5.41, 5.74) is 0.462. The molecule has 1 aromatic rings. The topological polar surface area (TPSA) is 38.3 Å². The van der Waals surface area contributed by atoms with Crippen LogP contribution in [0.4, 0.5) is 4.39 Å². The third-order valence-corrected chi connectivity index (χ3v) is 2.65. The van der Waals surface area contributed by atoms with Crippen molar-refractivity contribution in [2.45, 2.75) is 19.9 Å². The first-order valence-corrected chi connectivity index (χ1v) is 6.21. The Balaban J connectivity index is 2.39. The van der Waals surface area contributed by atoms with E-state index in [0.29, 0.717) is 25.2 Å². The molecular weight excluding hydrogens is 289 g/mol. The van der Waals surface area contributed by atoms with Crippen molar-refractivity contribution in [2.75, 3.05) is 13.2 Å². The molecule has 0 fully saturated rings. The normalized spacial score (nSPS) is 10.3. The number of benzene rings is 1. The van der Waals surface area contributed by atoms with Gasteiger partial charge in [-0.05, 0) is 25.1 Å². The number of carbonyl (C=O) groups is 1. The van der Waals surface area contributed by atoms with Crippen LogP contribution < -0.4 is 5.32 Å². The van der Waals surface area contributed by atoms with Crippen LogP contribution in [0, 0.1) is 5.82 Å². The van der Waals surface area contributed by atoms with Crippen LogP contribution in [0.2, 0.25) is 0 Å². The van der Waals surface area contributed by atoms with E-state index in [1.54, 1.807) is 12.1 Å². The summed E-state index contributed by atoms with van der Waals surface area (Å²) in [6.07, 6.45) is 0.295. The van der Waals surface area contributed by atoms with E-state index in [2.05, 4.69) is 21.2 Å². The highest BCUT2D eigenvalue weighted by molar-refractivity contribution is 9.10. The molecule has 1 aromatic carbocycles. The first-order chi connectivity index (χ1) is 8.13. The Bertz CT molecular complexity index is 385. The molecule has 1 rings (SSSR count). The molecule has 0 atom stereocenters. The van der Waals surface area contributed by atoms with Crippen LogP contribution in [0.25, 0.3) is 0 Å². The minimum atomic E-state index is -0.321. The summed E-state index contributed by atoms with van der Waals surface area (Å²) >= 11 is 3.26. The number of carbonyl (C=O) groups excluding carboxylic acids is 1. The van der Waals surface area contributed by atoms with Crippen molar-refractivity contribution in [3.8, 4) is 0 Å². The zero-order valence-corrected chi connectivity index (χ0v) is 11.2. The van der Waals surface area contributed by atoms with Crippen molar-refractivity contribution in [1.82, 2.24) is 5.32 Å². The van der Waals surface area contributed by atoms with Crippen LogP contribution in [-0.2, 0) is 16.1 Å². The molecule has 5 heteroatoms. The summed E-state index contributed by atoms with van der Waals surface area (Å²) in [7, 11) is 0. The average Bonchev–Trinajstić information content (AvgIpc) is 2.31. The molecule has 0 aliphatic heterocycles. The van der Waals surface area contributed by atoms with Gasteiger partial charge in [0, 0.05) is 29.6 Å². The van der Waals surface area contributed by atoms with Crippen LogP contribution in [-0.4, -0.2) is 19.1 Å². The minimum absolute atomic E-state index is 0.141. The van der Waals surface area contributed by atoms with Crippen molar-refractivity contribution < 1.29 is 13.9 Å². The summed E-state index contributed by atoms with van der Waals surface area (Å²) in [5.74, 6) is -0.462. The molecule has 0 radical (unpaired) electrons. The standard InChI is InChI=1S/C12H15BrFNO2/c1-2-17-6-5-12(16)15-8-9-7-10(13)3-4-11(9)14/h3-4,7H,2,5-6,8H2,1H3,(H,15,16). The van der Waals surface area contributed by atoms with E-state index in [9.17, 15) is 9.18 Å². The molecule has 0 spiro atoms. The summed E-state index contributed by atoms with van der Waals surface area (Å²) < 4.78 is 19.2. The molecule has 0 aliphatic rings. The predicted molar refractivity (Wildman–Crippen MR) is 67.1 cm³/mol. The first-order valence-electron chi connectivity index (χ1n) is 5.42. The van der Waals surface area contributed by atoms with Crippen LogP contribution in [0.5, 0.6) is 0 Å². The molecule has 3 nitrogen and oxygen atoms in total. The Morgan fingerprint density at radius 2 is 2.29 bits per heavy atom. The van der Waals surface area contributed by atoms with Crippen LogP contribution >= 0.6 is 15.9 Å². The summed E-state index contributed by atoms with van der Waals surface area (Å²) in [4.78, 5) is 11.4. The second kappa shape index (κ2) is 7.40. The Hall–Kier alpha value is -0.940. The van der Waals surface area contributed by atoms with Gasteiger partial charge < -0.3 is 10.1 Å². The predicted octanol–water partition coefficient (Wildman–Crippen LogP) is 2.63. The minimum Gasteiger partial charge on any atom is -0.381 e. The van der Waals surface area contributed by atoms with Crippen molar-refractivity contribution in [3.05, 3.63) is 34.1 Å². The number of rotatable bonds is 6. The van der Waals surface area contributed by atoms with Gasteiger partial charge in [0.2, 0.25) is 5.91 Å². The van der Waals surface area contributed by atoms with E-state index in [1.165, 1.54) is 6.07 Å². The van der Waals surface area contributed by atoms with Crippen molar-refractivity contribution >= 4 is 21.8 Å². The summed E-state index contributed by atoms with van der Waals surface area (Å²) in [6.45, 7) is 3.04.